The van der Waals surface area contributed by atoms with Crippen LogP contribution in [0.25, 0.3) is 0 Å². The van der Waals surface area contributed by atoms with E-state index in [1.165, 1.54) is 23.0 Å². The van der Waals surface area contributed by atoms with Crippen molar-refractivity contribution in [2.24, 2.45) is 0 Å². The van der Waals surface area contributed by atoms with Gasteiger partial charge in [-0.3, -0.25) is 19.5 Å². The molecule has 0 spiro atoms. The Labute approximate surface area is 212 Å². The Balaban J connectivity index is 1.76. The van der Waals surface area contributed by atoms with E-state index >= 15 is 0 Å². The van der Waals surface area contributed by atoms with Crippen LogP contribution in [0.2, 0.25) is 0 Å². The molecule has 2 aromatic rings. The van der Waals surface area contributed by atoms with Crippen molar-refractivity contribution in [3.63, 3.8) is 0 Å². The summed E-state index contributed by atoms with van der Waals surface area (Å²) in [5.41, 5.74) is 0.851. The molecule has 1 saturated heterocycles. The predicted octanol–water partition coefficient (Wildman–Crippen LogP) is 0.968. The minimum absolute atomic E-state index is 0.0283. The molecule has 12 heteroatoms. The summed E-state index contributed by atoms with van der Waals surface area (Å²) in [6, 6.07) is 7.62. The third kappa shape index (κ3) is 7.09. The highest BCUT2D eigenvalue weighted by molar-refractivity contribution is 8.01. The molecular weight excluding hydrogens is 488 g/mol. The molecule has 3 rings (SSSR count). The molecule has 2 heterocycles. The van der Waals surface area contributed by atoms with Crippen LogP contribution < -0.4 is 10.6 Å². The van der Waals surface area contributed by atoms with Gasteiger partial charge in [-0.05, 0) is 25.8 Å². The lowest BCUT2D eigenvalue weighted by atomic mass is 9.97. The Morgan fingerprint density at radius 1 is 1.37 bits per heavy atom. The van der Waals surface area contributed by atoms with Crippen molar-refractivity contribution >= 4 is 41.2 Å². The molecule has 1 unspecified atom stereocenters. The van der Waals surface area contributed by atoms with Crippen LogP contribution in [-0.2, 0) is 20.8 Å². The Morgan fingerprint density at radius 2 is 2.11 bits per heavy atom. The molecule has 1 aromatic carbocycles. The maximum atomic E-state index is 13.5. The number of nitrogens with zero attached hydrogens (tertiary/aromatic N) is 3. The number of hydrogen-bond donors (Lipinski definition) is 4. The van der Waals surface area contributed by atoms with E-state index in [0.717, 1.165) is 17.3 Å². The average Bonchev–Trinajstić information content (AvgIpc) is 3.47. The third-order valence-electron chi connectivity index (χ3n) is 5.51. The van der Waals surface area contributed by atoms with Gasteiger partial charge in [-0.25, -0.2) is 4.98 Å². The van der Waals surface area contributed by atoms with Crippen molar-refractivity contribution in [1.29, 1.82) is 0 Å². The molecule has 3 atom stereocenters. The molecule has 1 fully saturated rings. The molecule has 0 aliphatic carbocycles. The van der Waals surface area contributed by atoms with E-state index in [-0.39, 0.29) is 36.4 Å². The van der Waals surface area contributed by atoms with Gasteiger partial charge in [0.05, 0.1) is 17.7 Å². The summed E-state index contributed by atoms with van der Waals surface area (Å²) in [5.74, 6) is -1.00. The molecule has 0 radical (unpaired) electrons. The molecule has 0 saturated carbocycles. The number of amides is 3. The van der Waals surface area contributed by atoms with Crippen LogP contribution in [0.5, 0.6) is 0 Å². The first-order valence-corrected chi connectivity index (χ1v) is 13.0. The number of aromatic amines is 1. The smallest absolute Gasteiger partial charge is 0.254 e. The lowest BCUT2D eigenvalue weighted by Crippen LogP contribution is -2.58. The Kier molecular flexibility index (Phi) is 9.35. The number of nitrogens with one attached hydrogen (secondary N) is 3. The number of carbonyl (C=O) groups excluding carboxylic acids is 3. The van der Waals surface area contributed by atoms with Crippen molar-refractivity contribution < 1.29 is 19.5 Å². The number of carbonyl (C=O) groups is 3. The number of thioether (sulfide) groups is 2. The first-order valence-electron chi connectivity index (χ1n) is 11.1. The van der Waals surface area contributed by atoms with Crippen molar-refractivity contribution in [1.82, 2.24) is 30.7 Å². The highest BCUT2D eigenvalue weighted by atomic mass is 32.2. The molecule has 4 N–H and O–H groups in total. The minimum atomic E-state index is -1.54. The van der Waals surface area contributed by atoms with E-state index in [1.807, 2.05) is 44.2 Å². The van der Waals surface area contributed by atoms with E-state index < -0.39 is 28.8 Å². The predicted molar refractivity (Wildman–Crippen MR) is 136 cm³/mol. The number of aliphatic hydroxyl groups is 1. The number of hydrogen-bond acceptors (Lipinski definition) is 8. The van der Waals surface area contributed by atoms with Crippen LogP contribution >= 0.6 is 23.5 Å². The lowest BCUT2D eigenvalue weighted by Gasteiger charge is -2.33. The zero-order valence-corrected chi connectivity index (χ0v) is 21.3. The quantitative estimate of drug-likeness (QED) is 0.255. The van der Waals surface area contributed by atoms with Gasteiger partial charge in [-0.1, -0.05) is 48.2 Å². The van der Waals surface area contributed by atoms with Crippen LogP contribution in [0.15, 0.2) is 54.5 Å². The molecule has 188 valence electrons. The Morgan fingerprint density at radius 3 is 2.77 bits per heavy atom. The van der Waals surface area contributed by atoms with Gasteiger partial charge in [0.2, 0.25) is 11.8 Å². The van der Waals surface area contributed by atoms with Crippen LogP contribution in [-0.4, -0.2) is 84.0 Å². The molecule has 0 bridgehead atoms. The van der Waals surface area contributed by atoms with Crippen LogP contribution in [0.4, 0.5) is 0 Å². The first kappa shape index (κ1) is 26.8. The van der Waals surface area contributed by atoms with E-state index in [4.69, 9.17) is 0 Å². The number of rotatable bonds is 11. The van der Waals surface area contributed by atoms with Gasteiger partial charge in [0, 0.05) is 11.3 Å². The lowest BCUT2D eigenvalue weighted by molar-refractivity contribution is -0.147. The zero-order chi connectivity index (χ0) is 25.4. The van der Waals surface area contributed by atoms with E-state index in [1.54, 1.807) is 6.08 Å². The summed E-state index contributed by atoms with van der Waals surface area (Å²) in [6.07, 6.45) is 1.61. The van der Waals surface area contributed by atoms with Gasteiger partial charge >= 0.3 is 0 Å². The summed E-state index contributed by atoms with van der Waals surface area (Å²) in [7, 11) is 0. The second kappa shape index (κ2) is 12.2. The van der Waals surface area contributed by atoms with Gasteiger partial charge in [-0.15, -0.1) is 18.3 Å². The highest BCUT2D eigenvalue weighted by Gasteiger charge is 2.49. The van der Waals surface area contributed by atoms with Gasteiger partial charge in [0.15, 0.2) is 11.3 Å². The number of benzene rings is 1. The van der Waals surface area contributed by atoms with Gasteiger partial charge in [0.25, 0.3) is 5.91 Å². The summed E-state index contributed by atoms with van der Waals surface area (Å²) >= 11 is 2.62. The summed E-state index contributed by atoms with van der Waals surface area (Å²) < 4.78 is -0.549. The van der Waals surface area contributed by atoms with Gasteiger partial charge in [-0.2, -0.15) is 5.10 Å². The fourth-order valence-corrected chi connectivity index (χ4v) is 5.51. The summed E-state index contributed by atoms with van der Waals surface area (Å²) in [5, 5.41) is 23.6. The van der Waals surface area contributed by atoms with Crippen LogP contribution in [0.1, 0.15) is 19.4 Å². The second-order valence-electron chi connectivity index (χ2n) is 8.51. The largest absolute Gasteiger partial charge is 0.381 e. The zero-order valence-electron chi connectivity index (χ0n) is 19.6. The van der Waals surface area contributed by atoms with Crippen molar-refractivity contribution in [3.05, 3.63) is 54.9 Å². The first-order chi connectivity index (χ1) is 16.7. The summed E-state index contributed by atoms with van der Waals surface area (Å²) in [4.78, 5) is 44.4. The molecule has 1 aromatic heterocycles. The topological polar surface area (TPSA) is 140 Å². The molecule has 1 aliphatic heterocycles. The fraction of sp³-hybridized carbons (Fsp3) is 0.435. The highest BCUT2D eigenvalue weighted by Crippen LogP contribution is 2.39. The average molecular weight is 519 g/mol. The standard InChI is InChI=1S/C23H30N6O4S2/c1-4-10-24-20(32)19-23(2,3)35-14-29(19)21(33)18(31)16(11-15-8-6-5-7-9-15)27-17(30)12-34-22-25-13-26-28-22/h4-9,13,16,18-19,31H,1,10-12,14H2,2-3H3,(H,24,32)(H,27,30)(H,25,26,28)/t16-,18-,19?/m0/s1. The monoisotopic (exact) mass is 518 g/mol. The van der Waals surface area contributed by atoms with Gasteiger partial charge in [0.1, 0.15) is 12.4 Å². The molecular formula is C23H30N6O4S2. The second-order valence-corrected chi connectivity index (χ2v) is 11.1. The normalized spacial score (nSPS) is 18.5. The minimum Gasteiger partial charge on any atom is -0.381 e. The van der Waals surface area contributed by atoms with Crippen molar-refractivity contribution in [2.75, 3.05) is 18.2 Å². The van der Waals surface area contributed by atoms with E-state index in [0.29, 0.717) is 5.16 Å². The number of aliphatic hydroxyl groups excluding tert-OH is 1. The van der Waals surface area contributed by atoms with Gasteiger partial charge < -0.3 is 20.6 Å². The molecule has 3 amide bonds. The maximum Gasteiger partial charge on any atom is 0.254 e. The van der Waals surface area contributed by atoms with Crippen molar-refractivity contribution in [3.8, 4) is 0 Å². The van der Waals surface area contributed by atoms with Crippen LogP contribution in [0, 0.1) is 0 Å². The number of H-pyrrole nitrogens is 1. The molecule has 35 heavy (non-hydrogen) atoms. The molecule has 10 nitrogen and oxygen atoms in total. The maximum absolute atomic E-state index is 13.5. The van der Waals surface area contributed by atoms with E-state index in [9.17, 15) is 19.5 Å². The van der Waals surface area contributed by atoms with Crippen LogP contribution in [0.3, 0.4) is 0 Å². The fourth-order valence-electron chi connectivity index (χ4n) is 3.78. The van der Waals surface area contributed by atoms with E-state index in [2.05, 4.69) is 32.4 Å². The number of aromatic nitrogens is 3. The Bertz CT molecular complexity index is 1020. The third-order valence-corrected chi connectivity index (χ3v) is 7.76. The molecule has 1 aliphatic rings. The Hall–Kier alpha value is -2.83. The summed E-state index contributed by atoms with van der Waals surface area (Å²) in [6.45, 7) is 7.66. The van der Waals surface area contributed by atoms with Crippen molar-refractivity contribution in [2.45, 2.75) is 48.4 Å². The SMILES string of the molecule is C=CCNC(=O)C1N(C(=O)[C@@H](O)[C@H](Cc2ccccc2)NC(=O)CSc2ncn[nH]2)CSC1(C)C.